The van der Waals surface area contributed by atoms with E-state index in [9.17, 15) is 4.79 Å². The number of amides is 1. The lowest BCUT2D eigenvalue weighted by Gasteiger charge is -2.04. The average Bonchev–Trinajstić information content (AvgIpc) is 3.03. The third-order valence-electron chi connectivity index (χ3n) is 4.35. The number of ether oxygens (including phenoxy) is 1. The van der Waals surface area contributed by atoms with Crippen LogP contribution in [0.4, 0.5) is 0 Å². The maximum atomic E-state index is 12.7. The molecule has 0 fully saturated rings. The summed E-state index contributed by atoms with van der Waals surface area (Å²) < 4.78 is 8.28. The average molecular weight is 378 g/mol. The number of para-hydroxylation sites is 1. The van der Waals surface area contributed by atoms with Crippen molar-refractivity contribution in [2.45, 2.75) is 32.7 Å². The summed E-state index contributed by atoms with van der Waals surface area (Å²) in [4.78, 5) is 17.7. The Morgan fingerprint density at radius 1 is 1.30 bits per heavy atom. The zero-order valence-electron chi connectivity index (χ0n) is 15.6. The molecule has 1 aromatic heterocycles. The van der Waals surface area contributed by atoms with Crippen molar-refractivity contribution in [2.75, 3.05) is 7.11 Å². The van der Waals surface area contributed by atoms with Gasteiger partial charge in [0.15, 0.2) is 4.80 Å². The van der Waals surface area contributed by atoms with E-state index in [-0.39, 0.29) is 5.91 Å². The lowest BCUT2D eigenvalue weighted by molar-refractivity contribution is 0.0995. The van der Waals surface area contributed by atoms with Crippen LogP contribution < -0.4 is 9.54 Å². The standard InChI is InChI=1S/C22H22N2O2S/c1-4-6-9-16-12-13-18-20(15-16)27-22(24(18)14-5-2)23-21(25)17-10-7-8-11-19(17)26-3/h2,7-8,10-13,15H,4,6,9,14H2,1,3H3. The number of benzene rings is 2. The van der Waals surface area contributed by atoms with Crippen LogP contribution in [0, 0.1) is 12.3 Å². The van der Waals surface area contributed by atoms with E-state index >= 15 is 0 Å². The van der Waals surface area contributed by atoms with E-state index in [0.29, 0.717) is 22.7 Å². The molecule has 0 saturated carbocycles. The van der Waals surface area contributed by atoms with E-state index in [1.165, 1.54) is 16.9 Å². The largest absolute Gasteiger partial charge is 0.496 e. The molecule has 5 heteroatoms. The first kappa shape index (κ1) is 18.9. The van der Waals surface area contributed by atoms with Crippen LogP contribution in [-0.4, -0.2) is 17.6 Å². The summed E-state index contributed by atoms with van der Waals surface area (Å²) in [6, 6.07) is 13.5. The molecule has 1 heterocycles. The molecule has 1 amide bonds. The summed E-state index contributed by atoms with van der Waals surface area (Å²) in [5.74, 6) is 2.84. The highest BCUT2D eigenvalue weighted by molar-refractivity contribution is 7.16. The highest BCUT2D eigenvalue weighted by Crippen LogP contribution is 2.21. The summed E-state index contributed by atoms with van der Waals surface area (Å²) in [6.07, 6.45) is 8.92. The van der Waals surface area contributed by atoms with Gasteiger partial charge in [-0.3, -0.25) is 4.79 Å². The van der Waals surface area contributed by atoms with Gasteiger partial charge < -0.3 is 9.30 Å². The molecule has 0 aliphatic carbocycles. The number of unbranched alkanes of at least 4 members (excludes halogenated alkanes) is 1. The number of aromatic nitrogens is 1. The molecule has 0 spiro atoms. The topological polar surface area (TPSA) is 43.6 Å². The number of terminal acetylenes is 1. The number of aryl methyl sites for hydroxylation is 1. The number of carbonyl (C=O) groups excluding carboxylic acids is 1. The number of methoxy groups -OCH3 is 1. The maximum Gasteiger partial charge on any atom is 0.283 e. The number of thiazole rings is 1. The SMILES string of the molecule is C#CCn1c(=NC(=O)c2ccccc2OC)sc2cc(CCCC)ccc21. The Kier molecular flexibility index (Phi) is 6.10. The first-order valence-electron chi connectivity index (χ1n) is 8.95. The van der Waals surface area contributed by atoms with Gasteiger partial charge in [-0.15, -0.1) is 6.42 Å². The summed E-state index contributed by atoms with van der Waals surface area (Å²) >= 11 is 1.49. The third-order valence-corrected chi connectivity index (χ3v) is 5.39. The minimum atomic E-state index is -0.337. The fourth-order valence-corrected chi connectivity index (χ4v) is 4.04. The van der Waals surface area contributed by atoms with E-state index < -0.39 is 0 Å². The van der Waals surface area contributed by atoms with E-state index in [2.05, 4.69) is 36.0 Å². The van der Waals surface area contributed by atoms with Gasteiger partial charge >= 0.3 is 0 Å². The number of rotatable bonds is 6. The van der Waals surface area contributed by atoms with Gasteiger partial charge in [-0.05, 0) is 42.7 Å². The van der Waals surface area contributed by atoms with Crippen molar-refractivity contribution in [3.63, 3.8) is 0 Å². The Bertz CT molecular complexity index is 1070. The maximum absolute atomic E-state index is 12.7. The molecule has 2 aromatic carbocycles. The van der Waals surface area contributed by atoms with Crippen LogP contribution in [-0.2, 0) is 13.0 Å². The summed E-state index contributed by atoms with van der Waals surface area (Å²) in [7, 11) is 1.54. The first-order valence-corrected chi connectivity index (χ1v) is 9.77. The molecule has 0 bridgehead atoms. The molecule has 0 aliphatic heterocycles. The summed E-state index contributed by atoms with van der Waals surface area (Å²) in [6.45, 7) is 2.55. The molecule has 3 rings (SSSR count). The molecule has 0 atom stereocenters. The molecule has 138 valence electrons. The number of carbonyl (C=O) groups is 1. The molecule has 27 heavy (non-hydrogen) atoms. The van der Waals surface area contributed by atoms with Crippen molar-refractivity contribution in [2.24, 2.45) is 4.99 Å². The zero-order chi connectivity index (χ0) is 19.2. The Morgan fingerprint density at radius 2 is 2.11 bits per heavy atom. The second kappa shape index (κ2) is 8.70. The summed E-state index contributed by atoms with van der Waals surface area (Å²) in [5.41, 5.74) is 2.74. The van der Waals surface area contributed by atoms with Gasteiger partial charge in [-0.1, -0.05) is 48.8 Å². The van der Waals surface area contributed by atoms with Crippen molar-refractivity contribution in [1.82, 2.24) is 4.57 Å². The predicted molar refractivity (Wildman–Crippen MR) is 110 cm³/mol. The Hall–Kier alpha value is -2.84. The van der Waals surface area contributed by atoms with Crippen LogP contribution in [0.25, 0.3) is 10.2 Å². The Morgan fingerprint density at radius 3 is 2.85 bits per heavy atom. The van der Waals surface area contributed by atoms with Gasteiger partial charge in [0.1, 0.15) is 5.75 Å². The molecular formula is C22H22N2O2S. The van der Waals surface area contributed by atoms with Crippen LogP contribution in [0.1, 0.15) is 35.7 Å². The lowest BCUT2D eigenvalue weighted by Crippen LogP contribution is -2.16. The Labute approximate surface area is 163 Å². The Balaban J connectivity index is 2.09. The van der Waals surface area contributed by atoms with Crippen molar-refractivity contribution in [1.29, 1.82) is 0 Å². The van der Waals surface area contributed by atoms with Crippen LogP contribution in [0.3, 0.4) is 0 Å². The van der Waals surface area contributed by atoms with E-state index in [1.54, 1.807) is 25.3 Å². The fraction of sp³-hybridized carbons (Fsp3) is 0.273. The third kappa shape index (κ3) is 4.12. The number of fused-ring (bicyclic) bond motifs is 1. The molecule has 0 aliphatic rings. The van der Waals surface area contributed by atoms with Gasteiger partial charge in [0.2, 0.25) is 0 Å². The van der Waals surface area contributed by atoms with Gasteiger partial charge in [-0.25, -0.2) is 0 Å². The predicted octanol–water partition coefficient (Wildman–Crippen LogP) is 4.43. The fourth-order valence-electron chi connectivity index (χ4n) is 2.95. The zero-order valence-corrected chi connectivity index (χ0v) is 16.4. The van der Waals surface area contributed by atoms with Crippen LogP contribution in [0.2, 0.25) is 0 Å². The molecule has 3 aromatic rings. The number of hydrogen-bond acceptors (Lipinski definition) is 3. The molecule has 0 radical (unpaired) electrons. The van der Waals surface area contributed by atoms with Crippen LogP contribution >= 0.6 is 11.3 Å². The van der Waals surface area contributed by atoms with E-state index in [1.807, 2.05) is 10.6 Å². The van der Waals surface area contributed by atoms with Crippen molar-refractivity contribution >= 4 is 27.5 Å². The smallest absolute Gasteiger partial charge is 0.283 e. The van der Waals surface area contributed by atoms with Gasteiger partial charge in [0.05, 0.1) is 29.4 Å². The minimum Gasteiger partial charge on any atom is -0.496 e. The normalized spacial score (nSPS) is 11.5. The summed E-state index contributed by atoms with van der Waals surface area (Å²) in [5, 5.41) is 0. The second-order valence-electron chi connectivity index (χ2n) is 6.20. The van der Waals surface area contributed by atoms with Gasteiger partial charge in [-0.2, -0.15) is 4.99 Å². The highest BCUT2D eigenvalue weighted by atomic mass is 32.1. The number of nitrogens with zero attached hydrogens (tertiary/aromatic N) is 2. The van der Waals surface area contributed by atoms with Crippen LogP contribution in [0.15, 0.2) is 47.5 Å². The van der Waals surface area contributed by atoms with Crippen molar-refractivity contribution in [3.8, 4) is 18.1 Å². The monoisotopic (exact) mass is 378 g/mol. The van der Waals surface area contributed by atoms with E-state index in [4.69, 9.17) is 11.2 Å². The number of hydrogen-bond donors (Lipinski definition) is 0. The van der Waals surface area contributed by atoms with Crippen molar-refractivity contribution < 1.29 is 9.53 Å². The van der Waals surface area contributed by atoms with Crippen molar-refractivity contribution in [3.05, 3.63) is 58.4 Å². The van der Waals surface area contributed by atoms with Gasteiger partial charge in [0.25, 0.3) is 5.91 Å². The highest BCUT2D eigenvalue weighted by Gasteiger charge is 2.13. The van der Waals surface area contributed by atoms with Gasteiger partial charge in [0, 0.05) is 0 Å². The molecular weight excluding hydrogens is 356 g/mol. The molecule has 0 saturated heterocycles. The minimum absolute atomic E-state index is 0.337. The second-order valence-corrected chi connectivity index (χ2v) is 7.21. The molecule has 0 N–H and O–H groups in total. The first-order chi connectivity index (χ1) is 13.2. The molecule has 0 unspecified atom stereocenters. The van der Waals surface area contributed by atoms with E-state index in [0.717, 1.165) is 29.5 Å². The lowest BCUT2D eigenvalue weighted by atomic mass is 10.1. The molecule has 4 nitrogen and oxygen atoms in total. The quantitative estimate of drug-likeness (QED) is 0.596. The van der Waals surface area contributed by atoms with Crippen LogP contribution in [0.5, 0.6) is 5.75 Å².